The highest BCUT2D eigenvalue weighted by Gasteiger charge is 2.43. The molecular weight excluding hydrogens is 493 g/mol. The van der Waals surface area contributed by atoms with Gasteiger partial charge in [-0.2, -0.15) is 13.2 Å². The van der Waals surface area contributed by atoms with E-state index < -0.39 is 28.4 Å². The zero-order valence-corrected chi connectivity index (χ0v) is 20.7. The van der Waals surface area contributed by atoms with Crippen LogP contribution in [0.25, 0.3) is 0 Å². The minimum absolute atomic E-state index is 0.0196. The van der Waals surface area contributed by atoms with Crippen LogP contribution in [-0.4, -0.2) is 73.5 Å². The third-order valence-corrected chi connectivity index (χ3v) is 9.36. The van der Waals surface area contributed by atoms with E-state index in [4.69, 9.17) is 16.3 Å². The van der Waals surface area contributed by atoms with E-state index in [1.807, 2.05) is 0 Å². The Morgan fingerprint density at radius 1 is 1.06 bits per heavy atom. The average molecular weight is 525 g/mol. The third kappa shape index (κ3) is 7.18. The predicted molar refractivity (Wildman–Crippen MR) is 123 cm³/mol. The molecule has 192 valence electrons. The van der Waals surface area contributed by atoms with E-state index in [9.17, 15) is 21.6 Å². The van der Waals surface area contributed by atoms with Crippen LogP contribution in [-0.2, 0) is 14.8 Å². The Kier molecular flexibility index (Phi) is 8.26. The molecule has 0 radical (unpaired) electrons. The van der Waals surface area contributed by atoms with Crippen molar-refractivity contribution in [3.63, 3.8) is 0 Å². The minimum Gasteiger partial charge on any atom is -0.378 e. The van der Waals surface area contributed by atoms with E-state index in [1.165, 1.54) is 10.7 Å². The number of hydrogen-bond acceptors (Lipinski definition) is 6. The maximum absolute atomic E-state index is 12.4. The molecule has 1 saturated carbocycles. The second-order valence-corrected chi connectivity index (χ2v) is 12.1. The van der Waals surface area contributed by atoms with Gasteiger partial charge in [-0.05, 0) is 56.3 Å². The summed E-state index contributed by atoms with van der Waals surface area (Å²) in [6, 6.07) is 0. The Labute approximate surface area is 204 Å². The summed E-state index contributed by atoms with van der Waals surface area (Å²) in [5.74, 6) is 2.02. The van der Waals surface area contributed by atoms with Crippen LogP contribution >= 0.6 is 11.6 Å². The zero-order valence-electron chi connectivity index (χ0n) is 19.1. The lowest BCUT2D eigenvalue weighted by Gasteiger charge is -2.32. The first-order valence-electron chi connectivity index (χ1n) is 12.0. The topological polar surface area (TPSA) is 75.6 Å². The summed E-state index contributed by atoms with van der Waals surface area (Å²) in [6.07, 6.45) is 3.05. The number of sulfonamides is 1. The molecule has 1 aromatic rings. The monoisotopic (exact) mass is 524 g/mol. The standard InChI is InChI=1S/C22H32ClF3N4O3S/c23-18-14-27-21(28-15-18)29-7-1-16(2-8-29)20-13-17(20)5-11-33-19-3-9-30(10-4-19)34(31,32)12-6-22(24,25)26/h14-17,19-20H,1-13H2/t17-,20-/m1/s1. The lowest BCUT2D eigenvalue weighted by Crippen LogP contribution is -2.42. The normalized spacial score (nSPS) is 25.6. The fourth-order valence-corrected chi connectivity index (χ4v) is 6.83. The van der Waals surface area contributed by atoms with Gasteiger partial charge >= 0.3 is 6.18 Å². The summed E-state index contributed by atoms with van der Waals surface area (Å²) in [7, 11) is -3.87. The zero-order chi connectivity index (χ0) is 24.3. The van der Waals surface area contributed by atoms with E-state index >= 15 is 0 Å². The van der Waals surface area contributed by atoms with E-state index in [2.05, 4.69) is 14.9 Å². The van der Waals surface area contributed by atoms with Crippen molar-refractivity contribution in [2.45, 2.75) is 57.2 Å². The Morgan fingerprint density at radius 3 is 2.32 bits per heavy atom. The fourth-order valence-electron chi connectivity index (χ4n) is 5.21. The average Bonchev–Trinajstić information content (AvgIpc) is 3.58. The van der Waals surface area contributed by atoms with Crippen LogP contribution in [0.3, 0.4) is 0 Å². The van der Waals surface area contributed by atoms with E-state index in [0.29, 0.717) is 30.4 Å². The van der Waals surface area contributed by atoms with Crippen LogP contribution in [0.4, 0.5) is 19.1 Å². The number of anilines is 1. The van der Waals surface area contributed by atoms with Crippen molar-refractivity contribution in [1.82, 2.24) is 14.3 Å². The van der Waals surface area contributed by atoms with Gasteiger partial charge in [0.1, 0.15) is 0 Å². The number of piperidine rings is 2. The number of halogens is 4. The Balaban J connectivity index is 1.10. The molecule has 0 N–H and O–H groups in total. The Hall–Kier alpha value is -1.17. The molecule has 2 saturated heterocycles. The van der Waals surface area contributed by atoms with Gasteiger partial charge < -0.3 is 9.64 Å². The highest BCUT2D eigenvalue weighted by atomic mass is 35.5. The molecule has 0 spiro atoms. The third-order valence-electron chi connectivity index (χ3n) is 7.29. The molecule has 7 nitrogen and oxygen atoms in total. The number of aromatic nitrogens is 2. The minimum atomic E-state index is -4.46. The maximum atomic E-state index is 12.4. The second-order valence-electron chi connectivity index (χ2n) is 9.62. The molecule has 3 fully saturated rings. The van der Waals surface area contributed by atoms with Crippen LogP contribution < -0.4 is 4.90 Å². The highest BCUT2D eigenvalue weighted by Crippen LogP contribution is 2.50. The van der Waals surface area contributed by atoms with Crippen LogP contribution in [0.5, 0.6) is 0 Å². The van der Waals surface area contributed by atoms with Crippen molar-refractivity contribution in [3.05, 3.63) is 17.4 Å². The first-order chi connectivity index (χ1) is 16.1. The summed E-state index contributed by atoms with van der Waals surface area (Å²) in [5.41, 5.74) is 0. The first kappa shape index (κ1) is 25.9. The molecule has 3 heterocycles. The van der Waals surface area contributed by atoms with Gasteiger partial charge in [0.15, 0.2) is 0 Å². The Bertz CT molecular complexity index is 903. The molecule has 4 rings (SSSR count). The lowest BCUT2D eigenvalue weighted by molar-refractivity contribution is -0.130. The summed E-state index contributed by atoms with van der Waals surface area (Å²) in [4.78, 5) is 10.8. The molecule has 0 aromatic carbocycles. The van der Waals surface area contributed by atoms with Gasteiger partial charge in [0.2, 0.25) is 16.0 Å². The van der Waals surface area contributed by atoms with Crippen LogP contribution in [0.2, 0.25) is 5.02 Å². The highest BCUT2D eigenvalue weighted by molar-refractivity contribution is 7.89. The van der Waals surface area contributed by atoms with Crippen molar-refractivity contribution in [2.75, 3.05) is 43.4 Å². The van der Waals surface area contributed by atoms with Gasteiger partial charge in [-0.1, -0.05) is 11.6 Å². The van der Waals surface area contributed by atoms with E-state index in [-0.39, 0.29) is 19.2 Å². The molecule has 0 unspecified atom stereocenters. The molecule has 2 atom stereocenters. The number of ether oxygens (including phenoxy) is 1. The van der Waals surface area contributed by atoms with Crippen LogP contribution in [0, 0.1) is 17.8 Å². The predicted octanol–water partition coefficient (Wildman–Crippen LogP) is 4.14. The molecule has 0 bridgehead atoms. The van der Waals surface area contributed by atoms with Gasteiger partial charge in [-0.25, -0.2) is 22.7 Å². The van der Waals surface area contributed by atoms with Crippen molar-refractivity contribution in [2.24, 2.45) is 17.8 Å². The summed E-state index contributed by atoms with van der Waals surface area (Å²) in [5, 5.41) is 0.540. The quantitative estimate of drug-likeness (QED) is 0.483. The van der Waals surface area contributed by atoms with Crippen LogP contribution in [0.15, 0.2) is 12.4 Å². The SMILES string of the molecule is O=S(=O)(CCC(F)(F)F)N1CCC(OCC[C@@H]2C[C@@H]2C2CCN(c3ncc(Cl)cn3)CC2)CC1. The fraction of sp³-hybridized carbons (Fsp3) is 0.818. The van der Waals surface area contributed by atoms with Gasteiger partial charge in [0, 0.05) is 32.8 Å². The number of hydrogen-bond donors (Lipinski definition) is 0. The van der Waals surface area contributed by atoms with Crippen LogP contribution in [0.1, 0.15) is 44.9 Å². The lowest BCUT2D eigenvalue weighted by atomic mass is 9.90. The smallest absolute Gasteiger partial charge is 0.378 e. The molecule has 3 aliphatic rings. The van der Waals surface area contributed by atoms with Crippen molar-refractivity contribution >= 4 is 27.6 Å². The summed E-state index contributed by atoms with van der Waals surface area (Å²) < 4.78 is 68.5. The van der Waals surface area contributed by atoms with Gasteiger partial charge in [0.25, 0.3) is 0 Å². The second kappa shape index (κ2) is 10.8. The van der Waals surface area contributed by atoms with Gasteiger partial charge in [-0.3, -0.25) is 0 Å². The van der Waals surface area contributed by atoms with Crippen molar-refractivity contribution in [1.29, 1.82) is 0 Å². The first-order valence-corrected chi connectivity index (χ1v) is 14.0. The van der Waals surface area contributed by atoms with Crippen molar-refractivity contribution < 1.29 is 26.3 Å². The number of alkyl halides is 3. The van der Waals surface area contributed by atoms with Gasteiger partial charge in [-0.15, -0.1) is 0 Å². The molecule has 34 heavy (non-hydrogen) atoms. The summed E-state index contributed by atoms with van der Waals surface area (Å²) >= 11 is 5.87. The molecule has 0 amide bonds. The largest absolute Gasteiger partial charge is 0.390 e. The summed E-state index contributed by atoms with van der Waals surface area (Å²) in [6.45, 7) is 3.02. The van der Waals surface area contributed by atoms with Gasteiger partial charge in [0.05, 0.1) is 35.7 Å². The molecule has 12 heteroatoms. The van der Waals surface area contributed by atoms with E-state index in [1.54, 1.807) is 12.4 Å². The molecule has 2 aliphatic heterocycles. The Morgan fingerprint density at radius 2 is 1.71 bits per heavy atom. The molecular formula is C22H32ClF3N4O3S. The number of rotatable bonds is 9. The van der Waals surface area contributed by atoms with E-state index in [0.717, 1.165) is 50.1 Å². The van der Waals surface area contributed by atoms with Crippen molar-refractivity contribution in [3.8, 4) is 0 Å². The number of nitrogens with zero attached hydrogens (tertiary/aromatic N) is 4. The molecule has 1 aromatic heterocycles. The molecule has 1 aliphatic carbocycles. The maximum Gasteiger partial charge on any atom is 0.390 e.